The minimum absolute atomic E-state index is 0.0943. The Morgan fingerprint density at radius 2 is 1.78 bits per heavy atom. The van der Waals surface area contributed by atoms with Gasteiger partial charge < -0.3 is 10.6 Å². The lowest BCUT2D eigenvalue weighted by atomic mass is 10.2. The minimum Gasteiger partial charge on any atom is -0.360 e. The van der Waals surface area contributed by atoms with E-state index in [0.29, 0.717) is 0 Å². The lowest BCUT2D eigenvalue weighted by molar-refractivity contribution is -0.383. The Hall–Kier alpha value is -3.87. The van der Waals surface area contributed by atoms with Crippen molar-refractivity contribution in [3.05, 3.63) is 76.0 Å². The molecule has 0 unspecified atom stereocenters. The zero-order chi connectivity index (χ0) is 20.0. The predicted molar refractivity (Wildman–Crippen MR) is 90.5 cm³/mol. The highest BCUT2D eigenvalue weighted by molar-refractivity contribution is 6.07. The number of carbonyl (C=O) groups excluding carboxylic acids is 1. The Bertz CT molecular complexity index is 932. The largest absolute Gasteiger partial charge is 0.416 e. The standard InChI is InChI=1S/C17H11F3N4O3/c18-17(19,20)12-5-7-13(8-6-12)22-10-11(9-21)16(25)23-14-3-1-2-4-15(14)24(26)27/h1-8,10,22H,(H,23,25)/b11-10-. The van der Waals surface area contributed by atoms with E-state index in [9.17, 15) is 28.1 Å². The maximum atomic E-state index is 12.5. The molecule has 0 aliphatic rings. The van der Waals surface area contributed by atoms with Gasteiger partial charge in [0.1, 0.15) is 17.3 Å². The number of nitrogens with one attached hydrogen (secondary N) is 2. The van der Waals surface area contributed by atoms with E-state index in [0.717, 1.165) is 30.5 Å². The molecule has 0 spiro atoms. The predicted octanol–water partition coefficient (Wildman–Crippen LogP) is 4.07. The van der Waals surface area contributed by atoms with Gasteiger partial charge in [0.15, 0.2) is 0 Å². The highest BCUT2D eigenvalue weighted by Gasteiger charge is 2.29. The number of benzene rings is 2. The van der Waals surface area contributed by atoms with Crippen LogP contribution in [0.25, 0.3) is 0 Å². The molecule has 0 saturated carbocycles. The second-order valence-corrected chi connectivity index (χ2v) is 5.12. The summed E-state index contributed by atoms with van der Waals surface area (Å²) in [5.74, 6) is -0.911. The maximum absolute atomic E-state index is 12.5. The van der Waals surface area contributed by atoms with E-state index < -0.39 is 28.1 Å². The normalized spacial score (nSPS) is 11.4. The Morgan fingerprint density at radius 1 is 1.15 bits per heavy atom. The smallest absolute Gasteiger partial charge is 0.360 e. The number of hydrogen-bond acceptors (Lipinski definition) is 5. The third-order valence-corrected chi connectivity index (χ3v) is 3.31. The summed E-state index contributed by atoms with van der Waals surface area (Å²) < 4.78 is 37.5. The Balaban J connectivity index is 2.13. The van der Waals surface area contributed by atoms with Crippen molar-refractivity contribution in [2.45, 2.75) is 6.18 Å². The number of alkyl halides is 3. The summed E-state index contributed by atoms with van der Waals surface area (Å²) in [7, 11) is 0. The number of hydrogen-bond donors (Lipinski definition) is 2. The first-order valence-electron chi connectivity index (χ1n) is 7.31. The SMILES string of the molecule is N#C/C(=C/Nc1ccc(C(F)(F)F)cc1)C(=O)Nc1ccccc1[N+](=O)[O-]. The quantitative estimate of drug-likeness (QED) is 0.354. The summed E-state index contributed by atoms with van der Waals surface area (Å²) in [5, 5.41) is 24.8. The van der Waals surface area contributed by atoms with Gasteiger partial charge in [-0.25, -0.2) is 0 Å². The molecule has 1 amide bonds. The summed E-state index contributed by atoms with van der Waals surface area (Å²) >= 11 is 0. The molecule has 138 valence electrons. The molecule has 0 aliphatic carbocycles. The van der Waals surface area contributed by atoms with Crippen LogP contribution in [0.3, 0.4) is 0 Å². The van der Waals surface area contributed by atoms with E-state index in [1.54, 1.807) is 6.07 Å². The molecular formula is C17H11F3N4O3. The van der Waals surface area contributed by atoms with Gasteiger partial charge in [-0.2, -0.15) is 18.4 Å². The molecule has 7 nitrogen and oxygen atoms in total. The zero-order valence-corrected chi connectivity index (χ0v) is 13.4. The molecule has 0 radical (unpaired) electrons. The minimum atomic E-state index is -4.48. The Morgan fingerprint density at radius 3 is 2.33 bits per heavy atom. The molecule has 0 bridgehead atoms. The first-order chi connectivity index (χ1) is 12.7. The van der Waals surface area contributed by atoms with Crippen LogP contribution in [0.2, 0.25) is 0 Å². The molecular weight excluding hydrogens is 365 g/mol. The van der Waals surface area contributed by atoms with E-state index in [1.165, 1.54) is 24.3 Å². The molecule has 2 aromatic carbocycles. The number of halogens is 3. The van der Waals surface area contributed by atoms with Gasteiger partial charge in [0.25, 0.3) is 11.6 Å². The van der Waals surface area contributed by atoms with Crippen LogP contribution in [-0.4, -0.2) is 10.8 Å². The summed E-state index contributed by atoms with van der Waals surface area (Å²) in [6.45, 7) is 0. The van der Waals surface area contributed by atoms with E-state index in [4.69, 9.17) is 5.26 Å². The molecule has 0 aliphatic heterocycles. The van der Waals surface area contributed by atoms with Gasteiger partial charge in [-0.1, -0.05) is 12.1 Å². The zero-order valence-electron chi connectivity index (χ0n) is 13.4. The first kappa shape index (κ1) is 19.5. The van der Waals surface area contributed by atoms with Gasteiger partial charge in [-0.05, 0) is 30.3 Å². The number of nitriles is 1. The number of nitro benzene ring substituents is 1. The van der Waals surface area contributed by atoms with Crippen LogP contribution >= 0.6 is 0 Å². The van der Waals surface area contributed by atoms with Crippen LogP contribution < -0.4 is 10.6 Å². The molecule has 0 atom stereocenters. The fourth-order valence-corrected chi connectivity index (χ4v) is 1.99. The van der Waals surface area contributed by atoms with Gasteiger partial charge in [-0.3, -0.25) is 14.9 Å². The van der Waals surface area contributed by atoms with Crippen molar-refractivity contribution in [3.8, 4) is 6.07 Å². The Kier molecular flexibility index (Phi) is 5.77. The van der Waals surface area contributed by atoms with Gasteiger partial charge in [0.05, 0.1) is 10.5 Å². The van der Waals surface area contributed by atoms with Gasteiger partial charge in [0.2, 0.25) is 0 Å². The van der Waals surface area contributed by atoms with Crippen molar-refractivity contribution < 1.29 is 22.9 Å². The fraction of sp³-hybridized carbons (Fsp3) is 0.0588. The van der Waals surface area contributed by atoms with Crippen LogP contribution in [0.1, 0.15) is 5.56 Å². The summed E-state index contributed by atoms with van der Waals surface area (Å²) in [6, 6.07) is 10.9. The molecule has 2 aromatic rings. The van der Waals surface area contributed by atoms with Crippen LogP contribution in [0.15, 0.2) is 60.3 Å². The number of carbonyl (C=O) groups is 1. The average molecular weight is 376 g/mol. The Labute approximate surface area is 150 Å². The van der Waals surface area contributed by atoms with Crippen molar-refractivity contribution in [1.29, 1.82) is 5.26 Å². The summed E-state index contributed by atoms with van der Waals surface area (Å²) in [5.41, 5.74) is -1.49. The number of amides is 1. The van der Waals surface area contributed by atoms with E-state index in [2.05, 4.69) is 10.6 Å². The van der Waals surface area contributed by atoms with E-state index in [1.807, 2.05) is 0 Å². The third-order valence-electron chi connectivity index (χ3n) is 3.31. The molecule has 0 saturated heterocycles. The van der Waals surface area contributed by atoms with Crippen molar-refractivity contribution in [2.24, 2.45) is 0 Å². The average Bonchev–Trinajstić information content (AvgIpc) is 2.62. The summed E-state index contributed by atoms with van der Waals surface area (Å²) in [4.78, 5) is 22.4. The molecule has 2 rings (SSSR count). The summed E-state index contributed by atoms with van der Waals surface area (Å²) in [6.07, 6.45) is -3.48. The molecule has 27 heavy (non-hydrogen) atoms. The van der Waals surface area contributed by atoms with Crippen molar-refractivity contribution in [2.75, 3.05) is 10.6 Å². The molecule has 10 heteroatoms. The monoisotopic (exact) mass is 376 g/mol. The second-order valence-electron chi connectivity index (χ2n) is 5.12. The third kappa shape index (κ3) is 5.05. The first-order valence-corrected chi connectivity index (χ1v) is 7.31. The molecule has 2 N–H and O–H groups in total. The number of para-hydroxylation sites is 2. The van der Waals surface area contributed by atoms with E-state index >= 15 is 0 Å². The van der Waals surface area contributed by atoms with Gasteiger partial charge in [-0.15, -0.1) is 0 Å². The van der Waals surface area contributed by atoms with Crippen molar-refractivity contribution >= 4 is 23.0 Å². The van der Waals surface area contributed by atoms with Gasteiger partial charge >= 0.3 is 6.18 Å². The molecule has 0 heterocycles. The number of nitrogens with zero attached hydrogens (tertiary/aromatic N) is 2. The fourth-order valence-electron chi connectivity index (χ4n) is 1.99. The van der Waals surface area contributed by atoms with Crippen LogP contribution in [0.4, 0.5) is 30.2 Å². The van der Waals surface area contributed by atoms with Crippen LogP contribution in [0, 0.1) is 21.4 Å². The van der Waals surface area contributed by atoms with Crippen LogP contribution in [0.5, 0.6) is 0 Å². The topological polar surface area (TPSA) is 108 Å². The second kappa shape index (κ2) is 8.01. The van der Waals surface area contributed by atoms with Gasteiger partial charge in [0, 0.05) is 18.0 Å². The van der Waals surface area contributed by atoms with Crippen molar-refractivity contribution in [1.82, 2.24) is 0 Å². The maximum Gasteiger partial charge on any atom is 0.416 e. The number of rotatable bonds is 5. The van der Waals surface area contributed by atoms with Crippen molar-refractivity contribution in [3.63, 3.8) is 0 Å². The lowest BCUT2D eigenvalue weighted by Gasteiger charge is -2.08. The van der Waals surface area contributed by atoms with Crippen LogP contribution in [-0.2, 0) is 11.0 Å². The number of nitro groups is 1. The highest BCUT2D eigenvalue weighted by Crippen LogP contribution is 2.30. The molecule has 0 fully saturated rings. The number of anilines is 2. The van der Waals surface area contributed by atoms with E-state index in [-0.39, 0.29) is 17.1 Å². The molecule has 0 aromatic heterocycles. The highest BCUT2D eigenvalue weighted by atomic mass is 19.4. The lowest BCUT2D eigenvalue weighted by Crippen LogP contribution is -2.15.